The molecule has 0 aliphatic carbocycles. The first-order valence-corrected chi connectivity index (χ1v) is 5.57. The van der Waals surface area contributed by atoms with Gasteiger partial charge in [0, 0.05) is 5.56 Å². The Morgan fingerprint density at radius 1 is 1.11 bits per heavy atom. The summed E-state index contributed by atoms with van der Waals surface area (Å²) >= 11 is 0. The predicted molar refractivity (Wildman–Crippen MR) is 71.8 cm³/mol. The molecule has 0 bridgehead atoms. The highest BCUT2D eigenvalue weighted by Crippen LogP contribution is 2.23. The molecule has 0 aliphatic rings. The van der Waals surface area contributed by atoms with E-state index in [2.05, 4.69) is 12.2 Å². The van der Waals surface area contributed by atoms with Gasteiger partial charge in [-0.25, -0.2) is 0 Å². The highest BCUT2D eigenvalue weighted by atomic mass is 16.5. The van der Waals surface area contributed by atoms with E-state index in [1.807, 2.05) is 24.3 Å². The van der Waals surface area contributed by atoms with Crippen molar-refractivity contribution in [2.24, 2.45) is 0 Å². The summed E-state index contributed by atoms with van der Waals surface area (Å²) in [6.45, 7) is 3.83. The van der Waals surface area contributed by atoms with Gasteiger partial charge in [-0.05, 0) is 30.7 Å². The normalized spacial score (nSPS) is 9.89. The van der Waals surface area contributed by atoms with Crippen LogP contribution < -0.4 is 10.1 Å². The van der Waals surface area contributed by atoms with Crippen molar-refractivity contribution in [3.63, 3.8) is 0 Å². The number of anilines is 1. The monoisotopic (exact) mass is 240 g/mol. The number of nitrogens with one attached hydrogen (secondary N) is 1. The zero-order valence-electron chi connectivity index (χ0n) is 10.1. The SMILES string of the molecule is [CH2]c1ccccc1C(=O)Nc1ccccc1OC. The molecule has 2 aromatic carbocycles. The van der Waals surface area contributed by atoms with Crippen LogP contribution in [0.1, 0.15) is 15.9 Å². The molecule has 1 radical (unpaired) electrons. The minimum atomic E-state index is -0.190. The number of methoxy groups -OCH3 is 1. The molecule has 2 aromatic rings. The van der Waals surface area contributed by atoms with Gasteiger partial charge in [0.05, 0.1) is 12.8 Å². The summed E-state index contributed by atoms with van der Waals surface area (Å²) in [6, 6.07) is 14.5. The molecule has 0 heterocycles. The van der Waals surface area contributed by atoms with Crippen LogP contribution in [0.3, 0.4) is 0 Å². The Morgan fingerprint density at radius 2 is 1.78 bits per heavy atom. The van der Waals surface area contributed by atoms with Crippen molar-refractivity contribution in [1.82, 2.24) is 0 Å². The minimum Gasteiger partial charge on any atom is -0.495 e. The Hall–Kier alpha value is -2.29. The number of ether oxygens (including phenoxy) is 1. The molecule has 0 aromatic heterocycles. The molecule has 0 atom stereocenters. The van der Waals surface area contributed by atoms with Crippen molar-refractivity contribution in [3.05, 3.63) is 66.6 Å². The third-order valence-corrected chi connectivity index (χ3v) is 2.62. The summed E-state index contributed by atoms with van der Waals surface area (Å²) in [5, 5.41) is 2.81. The standard InChI is InChI=1S/C15H14NO2/c1-11-7-3-4-8-12(11)15(17)16-13-9-5-6-10-14(13)18-2/h3-10H,1H2,2H3,(H,16,17). The van der Waals surface area contributed by atoms with Crippen molar-refractivity contribution < 1.29 is 9.53 Å². The Labute approximate surface area is 106 Å². The molecule has 0 saturated carbocycles. The molecule has 0 spiro atoms. The molecule has 3 nitrogen and oxygen atoms in total. The van der Waals surface area contributed by atoms with Crippen LogP contribution in [0.5, 0.6) is 5.75 Å². The second-order valence-corrected chi connectivity index (χ2v) is 3.81. The zero-order chi connectivity index (χ0) is 13.0. The van der Waals surface area contributed by atoms with Gasteiger partial charge in [-0.1, -0.05) is 30.3 Å². The molecule has 2 rings (SSSR count). The van der Waals surface area contributed by atoms with E-state index in [-0.39, 0.29) is 5.91 Å². The molecule has 0 aliphatic heterocycles. The van der Waals surface area contributed by atoms with Gasteiger partial charge < -0.3 is 10.1 Å². The van der Waals surface area contributed by atoms with Crippen LogP contribution in [-0.2, 0) is 0 Å². The summed E-state index contributed by atoms with van der Waals surface area (Å²) in [6.07, 6.45) is 0. The Balaban J connectivity index is 2.24. The second kappa shape index (κ2) is 5.36. The fourth-order valence-electron chi connectivity index (χ4n) is 1.68. The van der Waals surface area contributed by atoms with Crippen molar-refractivity contribution >= 4 is 11.6 Å². The summed E-state index contributed by atoms with van der Waals surface area (Å²) in [5.74, 6) is 0.442. The molecule has 1 N–H and O–H groups in total. The van der Waals surface area contributed by atoms with Gasteiger partial charge in [0.2, 0.25) is 0 Å². The van der Waals surface area contributed by atoms with Crippen LogP contribution in [-0.4, -0.2) is 13.0 Å². The molecular weight excluding hydrogens is 226 g/mol. The van der Waals surface area contributed by atoms with Gasteiger partial charge >= 0.3 is 0 Å². The van der Waals surface area contributed by atoms with E-state index in [0.29, 0.717) is 22.6 Å². The van der Waals surface area contributed by atoms with Gasteiger partial charge in [0.25, 0.3) is 5.91 Å². The van der Waals surface area contributed by atoms with Gasteiger partial charge in [0.15, 0.2) is 0 Å². The minimum absolute atomic E-state index is 0.190. The maximum Gasteiger partial charge on any atom is 0.256 e. The first kappa shape index (κ1) is 12.2. The number of para-hydroxylation sites is 2. The van der Waals surface area contributed by atoms with Crippen molar-refractivity contribution in [2.45, 2.75) is 0 Å². The van der Waals surface area contributed by atoms with Crippen molar-refractivity contribution in [1.29, 1.82) is 0 Å². The lowest BCUT2D eigenvalue weighted by molar-refractivity contribution is 0.102. The second-order valence-electron chi connectivity index (χ2n) is 3.81. The van der Waals surface area contributed by atoms with Crippen LogP contribution >= 0.6 is 0 Å². The molecule has 3 heteroatoms. The van der Waals surface area contributed by atoms with E-state index in [9.17, 15) is 4.79 Å². The number of hydrogen-bond donors (Lipinski definition) is 1. The molecule has 0 saturated heterocycles. The molecule has 0 unspecified atom stereocenters. The average molecular weight is 240 g/mol. The first-order valence-electron chi connectivity index (χ1n) is 5.57. The average Bonchev–Trinajstić information content (AvgIpc) is 2.39. The van der Waals surface area contributed by atoms with E-state index in [4.69, 9.17) is 4.74 Å². The number of amides is 1. The Kier molecular flexibility index (Phi) is 3.63. The summed E-state index contributed by atoms with van der Waals surface area (Å²) in [5.41, 5.74) is 1.90. The molecular formula is C15H14NO2. The van der Waals surface area contributed by atoms with Crippen LogP contribution in [0, 0.1) is 6.92 Å². The van der Waals surface area contributed by atoms with Gasteiger partial charge in [-0.3, -0.25) is 4.79 Å². The van der Waals surface area contributed by atoms with E-state index in [1.165, 1.54) is 0 Å². The first-order chi connectivity index (χ1) is 8.72. The van der Waals surface area contributed by atoms with Crippen molar-refractivity contribution in [2.75, 3.05) is 12.4 Å². The summed E-state index contributed by atoms with van der Waals surface area (Å²) in [7, 11) is 1.57. The number of carbonyl (C=O) groups excluding carboxylic acids is 1. The zero-order valence-corrected chi connectivity index (χ0v) is 10.1. The summed E-state index contributed by atoms with van der Waals surface area (Å²) < 4.78 is 5.18. The van der Waals surface area contributed by atoms with E-state index < -0.39 is 0 Å². The van der Waals surface area contributed by atoms with E-state index in [0.717, 1.165) is 0 Å². The van der Waals surface area contributed by atoms with E-state index in [1.54, 1.807) is 31.4 Å². The fraction of sp³-hybridized carbons (Fsp3) is 0.0667. The maximum absolute atomic E-state index is 12.1. The maximum atomic E-state index is 12.1. The van der Waals surface area contributed by atoms with Crippen LogP contribution in [0.4, 0.5) is 5.69 Å². The van der Waals surface area contributed by atoms with Gasteiger partial charge in [-0.15, -0.1) is 0 Å². The van der Waals surface area contributed by atoms with Crippen LogP contribution in [0.25, 0.3) is 0 Å². The van der Waals surface area contributed by atoms with Crippen LogP contribution in [0.15, 0.2) is 48.5 Å². The largest absolute Gasteiger partial charge is 0.495 e. The Morgan fingerprint density at radius 3 is 2.50 bits per heavy atom. The molecule has 18 heavy (non-hydrogen) atoms. The number of hydrogen-bond acceptors (Lipinski definition) is 2. The Bertz CT molecular complexity index is 564. The topological polar surface area (TPSA) is 38.3 Å². The third-order valence-electron chi connectivity index (χ3n) is 2.62. The van der Waals surface area contributed by atoms with Gasteiger partial charge in [0.1, 0.15) is 5.75 Å². The van der Waals surface area contributed by atoms with Crippen molar-refractivity contribution in [3.8, 4) is 5.75 Å². The third kappa shape index (κ3) is 2.51. The quantitative estimate of drug-likeness (QED) is 0.895. The number of benzene rings is 2. The molecule has 91 valence electrons. The predicted octanol–water partition coefficient (Wildman–Crippen LogP) is 3.13. The lowest BCUT2D eigenvalue weighted by atomic mass is 10.1. The lowest BCUT2D eigenvalue weighted by Gasteiger charge is -2.10. The molecule has 0 fully saturated rings. The van der Waals surface area contributed by atoms with E-state index >= 15 is 0 Å². The number of rotatable bonds is 3. The highest BCUT2D eigenvalue weighted by molar-refractivity contribution is 6.06. The highest BCUT2D eigenvalue weighted by Gasteiger charge is 2.10. The lowest BCUT2D eigenvalue weighted by Crippen LogP contribution is -2.13. The molecule has 1 amide bonds. The van der Waals surface area contributed by atoms with Gasteiger partial charge in [-0.2, -0.15) is 0 Å². The summed E-state index contributed by atoms with van der Waals surface area (Å²) in [4.78, 5) is 12.1. The smallest absolute Gasteiger partial charge is 0.256 e. The van der Waals surface area contributed by atoms with Crippen LogP contribution in [0.2, 0.25) is 0 Å². The number of carbonyl (C=O) groups is 1. The fourth-order valence-corrected chi connectivity index (χ4v) is 1.68.